The van der Waals surface area contributed by atoms with Crippen molar-refractivity contribution in [2.75, 3.05) is 32.7 Å². The lowest BCUT2D eigenvalue weighted by molar-refractivity contribution is 0.221. The minimum absolute atomic E-state index is 0.133. The Morgan fingerprint density at radius 2 is 1.76 bits per heavy atom. The third kappa shape index (κ3) is 2.35. The third-order valence-electron chi connectivity index (χ3n) is 4.05. The van der Waals surface area contributed by atoms with E-state index in [-0.39, 0.29) is 5.82 Å². The molecule has 1 saturated carbocycles. The van der Waals surface area contributed by atoms with Crippen molar-refractivity contribution in [1.82, 2.24) is 10.2 Å². The van der Waals surface area contributed by atoms with Crippen LogP contribution in [0.2, 0.25) is 0 Å². The van der Waals surface area contributed by atoms with Gasteiger partial charge in [-0.15, -0.1) is 0 Å². The highest BCUT2D eigenvalue weighted by Gasteiger charge is 2.45. The number of benzene rings is 1. The smallest absolute Gasteiger partial charge is 0.123 e. The summed E-state index contributed by atoms with van der Waals surface area (Å²) in [6.45, 7) is 5.62. The van der Waals surface area contributed by atoms with Gasteiger partial charge in [-0.2, -0.15) is 0 Å². The van der Waals surface area contributed by atoms with Gasteiger partial charge in [-0.25, -0.2) is 4.39 Å². The Hall–Kier alpha value is -0.930. The summed E-state index contributed by atoms with van der Waals surface area (Å²) >= 11 is 0. The molecule has 0 atom stereocenters. The van der Waals surface area contributed by atoms with Gasteiger partial charge in [-0.3, -0.25) is 4.90 Å². The summed E-state index contributed by atoms with van der Waals surface area (Å²) in [6.07, 6.45) is 2.51. The number of halogens is 1. The molecule has 1 aromatic rings. The fourth-order valence-corrected chi connectivity index (χ4v) is 2.79. The average Bonchev–Trinajstić information content (AvgIpc) is 3.12. The Kier molecular flexibility index (Phi) is 2.89. The van der Waals surface area contributed by atoms with Gasteiger partial charge in [0.05, 0.1) is 0 Å². The van der Waals surface area contributed by atoms with Crippen molar-refractivity contribution in [2.24, 2.45) is 0 Å². The zero-order valence-electron chi connectivity index (χ0n) is 10.1. The van der Waals surface area contributed by atoms with Gasteiger partial charge in [-0.1, -0.05) is 12.1 Å². The molecule has 2 fully saturated rings. The lowest BCUT2D eigenvalue weighted by Gasteiger charge is -2.31. The van der Waals surface area contributed by atoms with Crippen LogP contribution in [0.25, 0.3) is 0 Å². The number of hydrogen-bond donors (Lipinski definition) is 1. The largest absolute Gasteiger partial charge is 0.314 e. The maximum atomic E-state index is 12.9. The van der Waals surface area contributed by atoms with Crippen molar-refractivity contribution in [3.05, 3.63) is 35.6 Å². The van der Waals surface area contributed by atoms with Crippen molar-refractivity contribution in [3.8, 4) is 0 Å². The van der Waals surface area contributed by atoms with E-state index in [9.17, 15) is 4.39 Å². The predicted octanol–water partition coefficient (Wildman–Crippen LogP) is 1.76. The lowest BCUT2D eigenvalue weighted by Crippen LogP contribution is -2.46. The maximum Gasteiger partial charge on any atom is 0.123 e. The Morgan fingerprint density at radius 3 is 2.35 bits per heavy atom. The second-order valence-corrected chi connectivity index (χ2v) is 5.31. The molecule has 3 heteroatoms. The predicted molar refractivity (Wildman–Crippen MR) is 66.6 cm³/mol. The first-order valence-electron chi connectivity index (χ1n) is 6.48. The molecule has 0 aromatic heterocycles. The molecule has 0 radical (unpaired) electrons. The molecule has 3 rings (SSSR count). The molecule has 17 heavy (non-hydrogen) atoms. The van der Waals surface area contributed by atoms with E-state index in [0.29, 0.717) is 5.41 Å². The van der Waals surface area contributed by atoms with Crippen LogP contribution in [-0.2, 0) is 5.41 Å². The highest BCUT2D eigenvalue weighted by atomic mass is 19.1. The van der Waals surface area contributed by atoms with Crippen LogP contribution in [0.5, 0.6) is 0 Å². The van der Waals surface area contributed by atoms with Crippen molar-refractivity contribution in [1.29, 1.82) is 0 Å². The van der Waals surface area contributed by atoms with Crippen LogP contribution in [0.3, 0.4) is 0 Å². The topological polar surface area (TPSA) is 15.3 Å². The Morgan fingerprint density at radius 1 is 1.12 bits per heavy atom. The van der Waals surface area contributed by atoms with Crippen LogP contribution >= 0.6 is 0 Å². The number of rotatable bonds is 3. The monoisotopic (exact) mass is 234 g/mol. The summed E-state index contributed by atoms with van der Waals surface area (Å²) < 4.78 is 12.9. The number of nitrogens with zero attached hydrogens (tertiary/aromatic N) is 1. The molecule has 2 nitrogen and oxygen atoms in total. The number of hydrogen-bond acceptors (Lipinski definition) is 2. The van der Waals surface area contributed by atoms with E-state index >= 15 is 0 Å². The molecule has 0 bridgehead atoms. The first kappa shape index (κ1) is 11.2. The zero-order chi connectivity index (χ0) is 11.7. The summed E-state index contributed by atoms with van der Waals surface area (Å²) in [5.41, 5.74) is 1.64. The molecule has 1 aromatic carbocycles. The minimum Gasteiger partial charge on any atom is -0.314 e. The molecule has 2 aliphatic rings. The van der Waals surface area contributed by atoms with Crippen LogP contribution in [-0.4, -0.2) is 37.6 Å². The highest BCUT2D eigenvalue weighted by molar-refractivity contribution is 5.32. The molecular weight excluding hydrogens is 215 g/mol. The quantitative estimate of drug-likeness (QED) is 0.857. The molecule has 92 valence electrons. The Labute approximate surface area is 102 Å². The Balaban J connectivity index is 1.70. The summed E-state index contributed by atoms with van der Waals surface area (Å²) in [6, 6.07) is 7.11. The van der Waals surface area contributed by atoms with E-state index in [1.54, 1.807) is 12.1 Å². The van der Waals surface area contributed by atoms with E-state index in [0.717, 1.165) is 32.7 Å². The fourth-order valence-electron chi connectivity index (χ4n) is 2.79. The molecule has 1 aliphatic carbocycles. The van der Waals surface area contributed by atoms with E-state index in [2.05, 4.69) is 10.2 Å². The molecular formula is C14H19FN2. The first-order chi connectivity index (χ1) is 8.28. The van der Waals surface area contributed by atoms with Crippen LogP contribution in [0.1, 0.15) is 18.4 Å². The van der Waals surface area contributed by atoms with Gasteiger partial charge in [-0.05, 0) is 30.5 Å². The van der Waals surface area contributed by atoms with Crippen molar-refractivity contribution in [2.45, 2.75) is 18.3 Å². The standard InChI is InChI=1S/C14H19FN2/c15-13-3-1-12(2-4-13)14(5-6-14)11-17-9-7-16-8-10-17/h1-4,16H,5-11H2. The van der Waals surface area contributed by atoms with E-state index in [4.69, 9.17) is 0 Å². The highest BCUT2D eigenvalue weighted by Crippen LogP contribution is 2.48. The van der Waals surface area contributed by atoms with E-state index in [1.807, 2.05) is 12.1 Å². The van der Waals surface area contributed by atoms with Gasteiger partial charge in [0.25, 0.3) is 0 Å². The van der Waals surface area contributed by atoms with Gasteiger partial charge in [0, 0.05) is 38.1 Å². The first-order valence-corrected chi connectivity index (χ1v) is 6.48. The van der Waals surface area contributed by atoms with Gasteiger partial charge in [0.1, 0.15) is 5.82 Å². The summed E-state index contributed by atoms with van der Waals surface area (Å²) in [5.74, 6) is -0.133. The fraction of sp³-hybridized carbons (Fsp3) is 0.571. The number of piperazine rings is 1. The molecule has 1 N–H and O–H groups in total. The summed E-state index contributed by atoms with van der Waals surface area (Å²) in [5, 5.41) is 3.38. The van der Waals surface area contributed by atoms with Gasteiger partial charge >= 0.3 is 0 Å². The number of nitrogens with one attached hydrogen (secondary N) is 1. The third-order valence-corrected chi connectivity index (χ3v) is 4.05. The second-order valence-electron chi connectivity index (χ2n) is 5.31. The molecule has 0 amide bonds. The van der Waals surface area contributed by atoms with Gasteiger partial charge in [0.2, 0.25) is 0 Å². The molecule has 1 saturated heterocycles. The van der Waals surface area contributed by atoms with E-state index < -0.39 is 0 Å². The van der Waals surface area contributed by atoms with Crippen molar-refractivity contribution in [3.63, 3.8) is 0 Å². The molecule has 0 spiro atoms. The molecule has 0 unspecified atom stereocenters. The molecule has 1 heterocycles. The van der Waals surface area contributed by atoms with Gasteiger partial charge < -0.3 is 5.32 Å². The minimum atomic E-state index is -0.133. The zero-order valence-corrected chi connectivity index (χ0v) is 10.1. The van der Waals surface area contributed by atoms with Gasteiger partial charge in [0.15, 0.2) is 0 Å². The normalized spacial score (nSPS) is 23.6. The molecule has 1 aliphatic heterocycles. The van der Waals surface area contributed by atoms with Crippen LogP contribution in [0, 0.1) is 5.82 Å². The van der Waals surface area contributed by atoms with E-state index in [1.165, 1.54) is 18.4 Å². The van der Waals surface area contributed by atoms with Crippen LogP contribution in [0.4, 0.5) is 4.39 Å². The van der Waals surface area contributed by atoms with Crippen molar-refractivity contribution < 1.29 is 4.39 Å². The SMILES string of the molecule is Fc1ccc(C2(CN3CCNCC3)CC2)cc1. The summed E-state index contributed by atoms with van der Waals surface area (Å²) in [4.78, 5) is 2.53. The maximum absolute atomic E-state index is 12.9. The summed E-state index contributed by atoms with van der Waals surface area (Å²) in [7, 11) is 0. The average molecular weight is 234 g/mol. The van der Waals surface area contributed by atoms with Crippen molar-refractivity contribution >= 4 is 0 Å². The van der Waals surface area contributed by atoms with Crippen LogP contribution < -0.4 is 5.32 Å². The lowest BCUT2D eigenvalue weighted by atomic mass is 9.95. The Bertz CT molecular complexity index is 378. The van der Waals surface area contributed by atoms with Crippen LogP contribution in [0.15, 0.2) is 24.3 Å². The second kappa shape index (κ2) is 4.39.